The van der Waals surface area contributed by atoms with Crippen LogP contribution in [0.5, 0.6) is 0 Å². The van der Waals surface area contributed by atoms with Gasteiger partial charge in [0.25, 0.3) is 0 Å². The number of hydrogen-bond acceptors (Lipinski definition) is 3. The van der Waals surface area contributed by atoms with Gasteiger partial charge in [-0.05, 0) is 80.2 Å². The number of pyridine rings is 1. The number of nitrogens with zero attached hydrogens (tertiary/aromatic N) is 3. The molecule has 1 amide bonds. The summed E-state index contributed by atoms with van der Waals surface area (Å²) in [6, 6.07) is 23.5. The fourth-order valence-corrected chi connectivity index (χ4v) is 5.38. The number of nitrogens with one attached hydrogen (secondary N) is 2. The van der Waals surface area contributed by atoms with Crippen LogP contribution in [0.15, 0.2) is 85.1 Å². The number of thiocarbonyl (C=S) groups is 1. The maximum absolute atomic E-state index is 14.1. The standard InChI is InChI=1S/C29H28FN5OS/c1-19-17-24(20(2)35(19)23-12-8-9-21(30)18-23)28-27(25-13-6-7-15-31-25)33-29(37)34(28)16-14-26(36)32-22-10-4-3-5-11-22/h3-13,15,17-18,27-28H,14,16H2,1-2H3,(H,32,36)(H,33,37)/t27-,28-/m1/s1. The maximum Gasteiger partial charge on any atom is 0.226 e. The highest BCUT2D eigenvalue weighted by Crippen LogP contribution is 2.41. The molecule has 1 fully saturated rings. The SMILES string of the molecule is Cc1cc([C@@H]2[C@@H](c3ccccn3)NC(=S)N2CCC(=O)Nc2ccccc2)c(C)n1-c1cccc(F)c1. The van der Waals surface area contributed by atoms with E-state index in [1.807, 2.05) is 68.4 Å². The van der Waals surface area contributed by atoms with Gasteiger partial charge in [-0.2, -0.15) is 0 Å². The lowest BCUT2D eigenvalue weighted by molar-refractivity contribution is -0.116. The summed E-state index contributed by atoms with van der Waals surface area (Å²) in [5.74, 6) is -0.369. The van der Waals surface area contributed by atoms with Gasteiger partial charge in [0.1, 0.15) is 5.82 Å². The van der Waals surface area contributed by atoms with Crippen molar-refractivity contribution in [3.05, 3.63) is 114 Å². The number of aryl methyl sites for hydroxylation is 1. The summed E-state index contributed by atoms with van der Waals surface area (Å²) < 4.78 is 16.1. The lowest BCUT2D eigenvalue weighted by Gasteiger charge is -2.28. The summed E-state index contributed by atoms with van der Waals surface area (Å²) in [7, 11) is 0. The van der Waals surface area contributed by atoms with E-state index in [2.05, 4.69) is 31.2 Å². The third-order valence-electron chi connectivity index (χ3n) is 6.69. The molecule has 1 aliphatic rings. The zero-order chi connectivity index (χ0) is 25.9. The molecule has 4 aromatic rings. The van der Waals surface area contributed by atoms with Gasteiger partial charge in [0.15, 0.2) is 5.11 Å². The minimum Gasteiger partial charge on any atom is -0.352 e. The first-order valence-corrected chi connectivity index (χ1v) is 12.6. The molecule has 0 spiro atoms. The van der Waals surface area contributed by atoms with E-state index >= 15 is 0 Å². The monoisotopic (exact) mass is 513 g/mol. The molecule has 1 aliphatic heterocycles. The molecule has 6 nitrogen and oxygen atoms in total. The van der Waals surface area contributed by atoms with Crippen LogP contribution in [0.25, 0.3) is 5.69 Å². The number of carbonyl (C=O) groups excluding carboxylic acids is 1. The highest BCUT2D eigenvalue weighted by molar-refractivity contribution is 7.80. The second-order valence-corrected chi connectivity index (χ2v) is 9.51. The van der Waals surface area contributed by atoms with Crippen LogP contribution in [0.2, 0.25) is 0 Å². The third-order valence-corrected chi connectivity index (χ3v) is 7.04. The third kappa shape index (κ3) is 5.11. The van der Waals surface area contributed by atoms with Crippen molar-refractivity contribution in [2.45, 2.75) is 32.4 Å². The number of hydrogen-bond donors (Lipinski definition) is 2. The predicted molar refractivity (Wildman–Crippen MR) is 147 cm³/mol. The molecular formula is C29H28FN5OS. The molecule has 0 radical (unpaired) electrons. The number of rotatable bonds is 7. The number of amides is 1. The molecule has 2 aromatic carbocycles. The van der Waals surface area contributed by atoms with Crippen LogP contribution in [-0.4, -0.2) is 32.0 Å². The van der Waals surface area contributed by atoms with Crippen LogP contribution in [0.1, 0.15) is 41.1 Å². The highest BCUT2D eigenvalue weighted by atomic mass is 32.1. The van der Waals surface area contributed by atoms with E-state index in [0.29, 0.717) is 11.7 Å². The maximum atomic E-state index is 14.1. The van der Waals surface area contributed by atoms with Gasteiger partial charge in [0.05, 0.1) is 17.8 Å². The summed E-state index contributed by atoms with van der Waals surface area (Å²) >= 11 is 5.77. The van der Waals surface area contributed by atoms with Gasteiger partial charge < -0.3 is 20.1 Å². The topological polar surface area (TPSA) is 62.2 Å². The summed E-state index contributed by atoms with van der Waals surface area (Å²) in [4.78, 5) is 19.4. The van der Waals surface area contributed by atoms with Crippen molar-refractivity contribution < 1.29 is 9.18 Å². The van der Waals surface area contributed by atoms with Crippen molar-refractivity contribution in [3.63, 3.8) is 0 Å². The molecule has 0 saturated carbocycles. The van der Waals surface area contributed by atoms with E-state index in [4.69, 9.17) is 12.2 Å². The van der Waals surface area contributed by atoms with Gasteiger partial charge in [-0.3, -0.25) is 9.78 Å². The largest absolute Gasteiger partial charge is 0.352 e. The smallest absolute Gasteiger partial charge is 0.226 e. The van der Waals surface area contributed by atoms with Crippen molar-refractivity contribution in [2.75, 3.05) is 11.9 Å². The lowest BCUT2D eigenvalue weighted by atomic mass is 9.96. The molecule has 1 saturated heterocycles. The molecule has 2 aromatic heterocycles. The number of carbonyl (C=O) groups is 1. The summed E-state index contributed by atoms with van der Waals surface area (Å²) in [6.07, 6.45) is 2.04. The van der Waals surface area contributed by atoms with Crippen molar-refractivity contribution in [1.82, 2.24) is 19.8 Å². The van der Waals surface area contributed by atoms with E-state index in [9.17, 15) is 9.18 Å². The fourth-order valence-electron chi connectivity index (χ4n) is 5.05. The quantitative estimate of drug-likeness (QED) is 0.314. The Hall–Kier alpha value is -4.04. The zero-order valence-electron chi connectivity index (χ0n) is 20.7. The molecule has 0 unspecified atom stereocenters. The average molecular weight is 514 g/mol. The second-order valence-electron chi connectivity index (χ2n) is 9.13. The Morgan fingerprint density at radius 1 is 1.05 bits per heavy atom. The minimum atomic E-state index is -0.285. The van der Waals surface area contributed by atoms with Gasteiger partial charge in [0, 0.05) is 41.9 Å². The molecule has 3 heterocycles. The number of para-hydroxylation sites is 1. The summed E-state index contributed by atoms with van der Waals surface area (Å²) in [5.41, 5.74) is 5.40. The Balaban J connectivity index is 1.48. The molecule has 2 atom stereocenters. The molecule has 2 N–H and O–H groups in total. The number of aromatic nitrogens is 2. The Bertz CT molecular complexity index is 1420. The molecule has 0 aliphatic carbocycles. The van der Waals surface area contributed by atoms with E-state index < -0.39 is 0 Å². The molecule has 5 rings (SSSR count). The number of anilines is 1. The fraction of sp³-hybridized carbons (Fsp3) is 0.207. The van der Waals surface area contributed by atoms with Crippen LogP contribution in [0.3, 0.4) is 0 Å². The van der Waals surface area contributed by atoms with Crippen LogP contribution in [0.4, 0.5) is 10.1 Å². The number of benzene rings is 2. The lowest BCUT2D eigenvalue weighted by Crippen LogP contribution is -2.32. The predicted octanol–water partition coefficient (Wildman–Crippen LogP) is 5.63. The molecular weight excluding hydrogens is 485 g/mol. The van der Waals surface area contributed by atoms with Gasteiger partial charge >= 0.3 is 0 Å². The van der Waals surface area contributed by atoms with Crippen LogP contribution < -0.4 is 10.6 Å². The average Bonchev–Trinajstić information content (AvgIpc) is 3.38. The minimum absolute atomic E-state index is 0.0840. The normalized spacial score (nSPS) is 17.1. The Morgan fingerprint density at radius 3 is 2.57 bits per heavy atom. The summed E-state index contributed by atoms with van der Waals surface area (Å²) in [6.45, 7) is 4.47. The van der Waals surface area contributed by atoms with E-state index in [1.165, 1.54) is 12.1 Å². The van der Waals surface area contributed by atoms with E-state index in [0.717, 1.165) is 34.0 Å². The number of halogens is 1. The Morgan fingerprint density at radius 2 is 1.84 bits per heavy atom. The molecule has 8 heteroatoms. The van der Waals surface area contributed by atoms with Crippen LogP contribution in [-0.2, 0) is 4.79 Å². The van der Waals surface area contributed by atoms with Crippen molar-refractivity contribution in [2.24, 2.45) is 0 Å². The van der Waals surface area contributed by atoms with Crippen molar-refractivity contribution in [1.29, 1.82) is 0 Å². The second kappa shape index (κ2) is 10.5. The zero-order valence-corrected chi connectivity index (χ0v) is 21.5. The highest BCUT2D eigenvalue weighted by Gasteiger charge is 2.41. The van der Waals surface area contributed by atoms with Gasteiger partial charge in [-0.25, -0.2) is 4.39 Å². The first-order chi connectivity index (χ1) is 17.9. The van der Waals surface area contributed by atoms with E-state index in [1.54, 1.807) is 12.3 Å². The Labute approximate surface area is 221 Å². The Kier molecular flexibility index (Phi) is 7.01. The molecule has 37 heavy (non-hydrogen) atoms. The van der Waals surface area contributed by atoms with E-state index in [-0.39, 0.29) is 30.2 Å². The van der Waals surface area contributed by atoms with Crippen molar-refractivity contribution >= 4 is 28.9 Å². The van der Waals surface area contributed by atoms with Gasteiger partial charge in [-0.1, -0.05) is 30.3 Å². The van der Waals surface area contributed by atoms with Crippen molar-refractivity contribution in [3.8, 4) is 5.69 Å². The van der Waals surface area contributed by atoms with Crippen LogP contribution in [0, 0.1) is 19.7 Å². The molecule has 188 valence electrons. The van der Waals surface area contributed by atoms with Gasteiger partial charge in [0.2, 0.25) is 5.91 Å². The first kappa shape index (κ1) is 24.6. The van der Waals surface area contributed by atoms with Crippen LogP contribution >= 0.6 is 12.2 Å². The first-order valence-electron chi connectivity index (χ1n) is 12.2. The summed E-state index contributed by atoms with van der Waals surface area (Å²) in [5, 5.41) is 6.96. The van der Waals surface area contributed by atoms with Gasteiger partial charge in [-0.15, -0.1) is 0 Å². The molecule has 0 bridgehead atoms.